The Morgan fingerprint density at radius 1 is 0.958 bits per heavy atom. The largest absolute Gasteiger partial charge is 0.324 e. The Morgan fingerprint density at radius 3 is 2.21 bits per heavy atom. The van der Waals surface area contributed by atoms with Gasteiger partial charge in [0.1, 0.15) is 6.04 Å². The molecule has 3 nitrogen and oxygen atoms in total. The van der Waals surface area contributed by atoms with E-state index >= 15 is 0 Å². The summed E-state index contributed by atoms with van der Waals surface area (Å²) < 4.78 is 0. The summed E-state index contributed by atoms with van der Waals surface area (Å²) in [7, 11) is 0. The number of carbonyl (C=O) groups excluding carboxylic acids is 1. The number of anilines is 1. The van der Waals surface area contributed by atoms with Crippen molar-refractivity contribution < 1.29 is 4.79 Å². The standard InChI is InChI=1S/C19H20Cl2N2O/c20-15-11-16(21)13-17(12-15)22-19(24)18(14-7-3-1-4-8-14)23-9-5-2-6-10-23/h1,3-4,7-8,11-13,18H,2,5-6,9-10H2,(H,22,24)/t18-/m0/s1. The lowest BCUT2D eigenvalue weighted by Crippen LogP contribution is -2.40. The number of nitrogens with one attached hydrogen (secondary N) is 1. The summed E-state index contributed by atoms with van der Waals surface area (Å²) in [4.78, 5) is 15.2. The van der Waals surface area contributed by atoms with Gasteiger partial charge in [-0.1, -0.05) is 60.0 Å². The fourth-order valence-electron chi connectivity index (χ4n) is 3.18. The highest BCUT2D eigenvalue weighted by molar-refractivity contribution is 6.35. The van der Waals surface area contributed by atoms with Crippen LogP contribution in [0.2, 0.25) is 10.0 Å². The lowest BCUT2D eigenvalue weighted by molar-refractivity contribution is -0.122. The van der Waals surface area contributed by atoms with Crippen molar-refractivity contribution in [2.45, 2.75) is 25.3 Å². The molecule has 0 radical (unpaired) electrons. The first-order valence-corrected chi connectivity index (χ1v) is 8.95. The molecule has 0 aromatic heterocycles. The second-order valence-electron chi connectivity index (χ2n) is 6.06. The molecule has 1 amide bonds. The van der Waals surface area contributed by atoms with Crippen LogP contribution in [0.25, 0.3) is 0 Å². The van der Waals surface area contributed by atoms with Crippen LogP contribution >= 0.6 is 23.2 Å². The highest BCUT2D eigenvalue weighted by Gasteiger charge is 2.28. The van der Waals surface area contributed by atoms with E-state index in [0.29, 0.717) is 15.7 Å². The van der Waals surface area contributed by atoms with Gasteiger partial charge in [-0.2, -0.15) is 0 Å². The molecule has 1 heterocycles. The molecule has 24 heavy (non-hydrogen) atoms. The summed E-state index contributed by atoms with van der Waals surface area (Å²) in [5.41, 5.74) is 1.63. The van der Waals surface area contributed by atoms with E-state index in [9.17, 15) is 4.79 Å². The molecule has 1 aliphatic heterocycles. The van der Waals surface area contributed by atoms with Crippen molar-refractivity contribution in [3.8, 4) is 0 Å². The normalized spacial score (nSPS) is 16.6. The Kier molecular flexibility index (Phi) is 5.77. The number of carbonyl (C=O) groups is 1. The zero-order valence-electron chi connectivity index (χ0n) is 13.3. The molecule has 1 fully saturated rings. The van der Waals surface area contributed by atoms with Gasteiger partial charge < -0.3 is 5.32 Å². The Labute approximate surface area is 152 Å². The maximum atomic E-state index is 13.0. The van der Waals surface area contributed by atoms with Gasteiger partial charge in [0.25, 0.3) is 0 Å². The van der Waals surface area contributed by atoms with Gasteiger partial charge in [-0.3, -0.25) is 9.69 Å². The van der Waals surface area contributed by atoms with Crippen molar-refractivity contribution in [2.75, 3.05) is 18.4 Å². The van der Waals surface area contributed by atoms with Gasteiger partial charge in [0, 0.05) is 15.7 Å². The lowest BCUT2D eigenvalue weighted by atomic mass is 10.0. The minimum atomic E-state index is -0.302. The van der Waals surface area contributed by atoms with E-state index in [4.69, 9.17) is 23.2 Å². The number of halogens is 2. The lowest BCUT2D eigenvalue weighted by Gasteiger charge is -2.34. The van der Waals surface area contributed by atoms with Gasteiger partial charge in [-0.15, -0.1) is 0 Å². The van der Waals surface area contributed by atoms with E-state index in [1.807, 2.05) is 30.3 Å². The van der Waals surface area contributed by atoms with Gasteiger partial charge >= 0.3 is 0 Å². The topological polar surface area (TPSA) is 32.3 Å². The number of piperidine rings is 1. The van der Waals surface area contributed by atoms with Crippen molar-refractivity contribution in [1.82, 2.24) is 4.90 Å². The quantitative estimate of drug-likeness (QED) is 0.814. The minimum absolute atomic E-state index is 0.0542. The van der Waals surface area contributed by atoms with Gasteiger partial charge in [-0.25, -0.2) is 0 Å². The van der Waals surface area contributed by atoms with Crippen molar-refractivity contribution in [1.29, 1.82) is 0 Å². The van der Waals surface area contributed by atoms with Gasteiger partial charge in [0.2, 0.25) is 5.91 Å². The summed E-state index contributed by atoms with van der Waals surface area (Å²) in [6.07, 6.45) is 3.47. The molecular weight excluding hydrogens is 343 g/mol. The summed E-state index contributed by atoms with van der Waals surface area (Å²) >= 11 is 12.1. The molecule has 5 heteroatoms. The molecule has 2 aromatic rings. The highest BCUT2D eigenvalue weighted by atomic mass is 35.5. The van der Waals surface area contributed by atoms with Crippen LogP contribution < -0.4 is 5.32 Å². The predicted molar refractivity (Wildman–Crippen MR) is 99.7 cm³/mol. The van der Waals surface area contributed by atoms with Crippen LogP contribution in [0.3, 0.4) is 0 Å². The number of nitrogens with zero attached hydrogens (tertiary/aromatic N) is 1. The highest BCUT2D eigenvalue weighted by Crippen LogP contribution is 2.28. The molecule has 126 valence electrons. The third-order valence-electron chi connectivity index (χ3n) is 4.25. The Balaban J connectivity index is 1.85. The van der Waals surface area contributed by atoms with Crippen LogP contribution in [0.1, 0.15) is 30.9 Å². The first kappa shape index (κ1) is 17.3. The van der Waals surface area contributed by atoms with Crippen molar-refractivity contribution in [3.63, 3.8) is 0 Å². The fraction of sp³-hybridized carbons (Fsp3) is 0.316. The molecule has 3 rings (SSSR count). The van der Waals surface area contributed by atoms with Crippen LogP contribution in [-0.2, 0) is 4.79 Å². The third kappa shape index (κ3) is 4.29. The molecule has 1 saturated heterocycles. The second-order valence-corrected chi connectivity index (χ2v) is 6.93. The average Bonchev–Trinajstić information content (AvgIpc) is 2.56. The predicted octanol–water partition coefficient (Wildman–Crippen LogP) is 5.16. The molecular formula is C19H20Cl2N2O. The minimum Gasteiger partial charge on any atom is -0.324 e. The van der Waals surface area contributed by atoms with Crippen LogP contribution in [0.5, 0.6) is 0 Å². The number of hydrogen-bond donors (Lipinski definition) is 1. The number of benzene rings is 2. The molecule has 1 N–H and O–H groups in total. The SMILES string of the molecule is O=C(Nc1cc(Cl)cc(Cl)c1)[C@H](c1ccccc1)N1CCCCC1. The fourth-order valence-corrected chi connectivity index (χ4v) is 3.70. The van der Waals surface area contributed by atoms with Crippen LogP contribution in [0.4, 0.5) is 5.69 Å². The molecule has 2 aromatic carbocycles. The van der Waals surface area contributed by atoms with Crippen molar-refractivity contribution in [3.05, 3.63) is 64.1 Å². The van der Waals surface area contributed by atoms with Crippen LogP contribution in [-0.4, -0.2) is 23.9 Å². The smallest absolute Gasteiger partial charge is 0.246 e. The van der Waals surface area contributed by atoms with Crippen LogP contribution in [0.15, 0.2) is 48.5 Å². The Morgan fingerprint density at radius 2 is 1.58 bits per heavy atom. The first-order chi connectivity index (χ1) is 11.6. The van der Waals surface area contributed by atoms with Gasteiger partial charge in [-0.05, 0) is 49.7 Å². The molecule has 0 spiro atoms. The molecule has 1 atom stereocenters. The molecule has 0 unspecified atom stereocenters. The van der Waals surface area contributed by atoms with Crippen LogP contribution in [0, 0.1) is 0 Å². The molecule has 0 saturated carbocycles. The van der Waals surface area contributed by atoms with E-state index in [2.05, 4.69) is 10.2 Å². The second kappa shape index (κ2) is 8.02. The van der Waals surface area contributed by atoms with Gasteiger partial charge in [0.05, 0.1) is 0 Å². The third-order valence-corrected chi connectivity index (χ3v) is 4.69. The number of hydrogen-bond acceptors (Lipinski definition) is 2. The van der Waals surface area contributed by atoms with E-state index < -0.39 is 0 Å². The Bertz CT molecular complexity index is 680. The Hall–Kier alpha value is -1.55. The maximum Gasteiger partial charge on any atom is 0.246 e. The first-order valence-electron chi connectivity index (χ1n) is 8.19. The van der Waals surface area contributed by atoms with E-state index in [1.54, 1.807) is 18.2 Å². The zero-order chi connectivity index (χ0) is 16.9. The van der Waals surface area contributed by atoms with E-state index in [-0.39, 0.29) is 11.9 Å². The molecule has 0 bridgehead atoms. The monoisotopic (exact) mass is 362 g/mol. The maximum absolute atomic E-state index is 13.0. The van der Waals surface area contributed by atoms with E-state index in [0.717, 1.165) is 31.5 Å². The summed E-state index contributed by atoms with van der Waals surface area (Å²) in [5.74, 6) is -0.0542. The number of amides is 1. The molecule has 1 aliphatic rings. The average molecular weight is 363 g/mol. The molecule has 0 aliphatic carbocycles. The van der Waals surface area contributed by atoms with Crippen molar-refractivity contribution in [2.24, 2.45) is 0 Å². The number of likely N-dealkylation sites (tertiary alicyclic amines) is 1. The summed E-state index contributed by atoms with van der Waals surface area (Å²) in [5, 5.41) is 3.98. The number of rotatable bonds is 4. The summed E-state index contributed by atoms with van der Waals surface area (Å²) in [6, 6.07) is 14.7. The zero-order valence-corrected chi connectivity index (χ0v) is 14.9. The van der Waals surface area contributed by atoms with Gasteiger partial charge in [0.15, 0.2) is 0 Å². The van der Waals surface area contributed by atoms with E-state index in [1.165, 1.54) is 6.42 Å². The summed E-state index contributed by atoms with van der Waals surface area (Å²) in [6.45, 7) is 1.87. The van der Waals surface area contributed by atoms with Crippen molar-refractivity contribution >= 4 is 34.8 Å².